The number of amides is 2. The molecular formula is C21H24N6O. The lowest BCUT2D eigenvalue weighted by Crippen LogP contribution is -2.41. The molecule has 2 amide bonds. The van der Waals surface area contributed by atoms with Crippen LogP contribution in [-0.2, 0) is 0 Å². The number of piperidine rings is 1. The van der Waals surface area contributed by atoms with Crippen LogP contribution in [0.25, 0.3) is 5.69 Å². The van der Waals surface area contributed by atoms with Gasteiger partial charge in [0, 0.05) is 36.6 Å². The van der Waals surface area contributed by atoms with Crippen molar-refractivity contribution in [3.63, 3.8) is 0 Å². The number of likely N-dealkylation sites (tertiary alicyclic amines) is 1. The lowest BCUT2D eigenvalue weighted by Gasteiger charge is -2.32. The summed E-state index contributed by atoms with van der Waals surface area (Å²) >= 11 is 0. The first-order chi connectivity index (χ1) is 13.6. The summed E-state index contributed by atoms with van der Waals surface area (Å²) in [5.74, 6) is 0.244. The summed E-state index contributed by atoms with van der Waals surface area (Å²) < 4.78 is 1.87. The van der Waals surface area contributed by atoms with Crippen LogP contribution in [0.2, 0.25) is 0 Å². The number of nitrogens with one attached hydrogen (secondary N) is 1. The van der Waals surface area contributed by atoms with E-state index in [0.29, 0.717) is 6.54 Å². The van der Waals surface area contributed by atoms with E-state index in [1.807, 2.05) is 59.8 Å². The second-order valence-electron chi connectivity index (χ2n) is 7.21. The largest absolute Gasteiger partial charge is 0.324 e. The summed E-state index contributed by atoms with van der Waals surface area (Å²) in [7, 11) is 0. The lowest BCUT2D eigenvalue weighted by atomic mass is 9.95. The smallest absolute Gasteiger partial charge is 0.321 e. The molecule has 0 saturated carbocycles. The maximum Gasteiger partial charge on any atom is 0.321 e. The Balaban J connectivity index is 1.52. The fourth-order valence-electron chi connectivity index (χ4n) is 3.78. The third kappa shape index (κ3) is 3.74. The number of hydrogen-bond donors (Lipinski definition) is 1. The van der Waals surface area contributed by atoms with Crippen LogP contribution in [-0.4, -0.2) is 43.8 Å². The van der Waals surface area contributed by atoms with E-state index in [1.54, 1.807) is 12.5 Å². The fourth-order valence-corrected chi connectivity index (χ4v) is 3.78. The summed E-state index contributed by atoms with van der Waals surface area (Å²) in [6.07, 6.45) is 5.31. The molecule has 3 aromatic rings. The molecule has 1 aliphatic rings. The summed E-state index contributed by atoms with van der Waals surface area (Å²) in [6, 6.07) is 11.6. The SMILES string of the molecule is Cc1cc(C)n(-c2ccccc2NC(=O)N2CCC[C@H](c3ccncn3)C2)n1. The molecule has 0 bridgehead atoms. The van der Waals surface area contributed by atoms with Gasteiger partial charge in [0.25, 0.3) is 0 Å². The summed E-state index contributed by atoms with van der Waals surface area (Å²) in [6.45, 7) is 5.38. The van der Waals surface area contributed by atoms with Gasteiger partial charge >= 0.3 is 6.03 Å². The van der Waals surface area contributed by atoms with Gasteiger partial charge in [-0.25, -0.2) is 19.4 Å². The van der Waals surface area contributed by atoms with Gasteiger partial charge in [-0.2, -0.15) is 5.10 Å². The number of nitrogens with zero attached hydrogens (tertiary/aromatic N) is 5. The normalized spacial score (nSPS) is 16.8. The van der Waals surface area contributed by atoms with E-state index in [4.69, 9.17) is 0 Å². The van der Waals surface area contributed by atoms with Gasteiger partial charge < -0.3 is 10.2 Å². The van der Waals surface area contributed by atoms with Crippen LogP contribution in [0.15, 0.2) is 48.9 Å². The average molecular weight is 376 g/mol. The van der Waals surface area contributed by atoms with Crippen LogP contribution in [0.5, 0.6) is 0 Å². The lowest BCUT2D eigenvalue weighted by molar-refractivity contribution is 0.192. The predicted octanol–water partition coefficient (Wildman–Crippen LogP) is 3.69. The monoisotopic (exact) mass is 376 g/mol. The maximum atomic E-state index is 13.0. The Morgan fingerprint density at radius 1 is 1.21 bits per heavy atom. The van der Waals surface area contributed by atoms with Crippen molar-refractivity contribution in [1.82, 2.24) is 24.6 Å². The molecule has 0 unspecified atom stereocenters. The number of urea groups is 1. The first-order valence-corrected chi connectivity index (χ1v) is 9.56. The molecular weight excluding hydrogens is 352 g/mol. The number of carbonyl (C=O) groups excluding carboxylic acids is 1. The zero-order chi connectivity index (χ0) is 19.5. The highest BCUT2D eigenvalue weighted by molar-refractivity contribution is 5.91. The third-order valence-corrected chi connectivity index (χ3v) is 5.12. The topological polar surface area (TPSA) is 75.9 Å². The molecule has 4 rings (SSSR count). The van der Waals surface area contributed by atoms with E-state index in [9.17, 15) is 4.79 Å². The molecule has 0 spiro atoms. The number of anilines is 1. The van der Waals surface area contributed by atoms with Crippen molar-refractivity contribution in [3.8, 4) is 5.69 Å². The van der Waals surface area contributed by atoms with E-state index in [1.165, 1.54) is 0 Å². The predicted molar refractivity (Wildman–Crippen MR) is 108 cm³/mol. The van der Waals surface area contributed by atoms with Gasteiger partial charge in [0.1, 0.15) is 6.33 Å². The minimum Gasteiger partial charge on any atom is -0.324 e. The molecule has 1 saturated heterocycles. The Morgan fingerprint density at radius 3 is 2.82 bits per heavy atom. The van der Waals surface area contributed by atoms with Crippen LogP contribution < -0.4 is 5.32 Å². The Labute approximate surface area is 164 Å². The zero-order valence-corrected chi connectivity index (χ0v) is 16.2. The standard InChI is InChI=1S/C21H24N6O/c1-15-12-16(2)27(25-15)20-8-4-3-7-19(20)24-21(28)26-11-5-6-17(13-26)18-9-10-22-14-23-18/h3-4,7-10,12,14,17H,5-6,11,13H2,1-2H3,(H,24,28)/t17-/m0/s1. The molecule has 28 heavy (non-hydrogen) atoms. The quantitative estimate of drug-likeness (QED) is 0.756. The fraction of sp³-hybridized carbons (Fsp3) is 0.333. The summed E-state index contributed by atoms with van der Waals surface area (Å²) in [5, 5.41) is 7.63. The number of para-hydroxylation sites is 2. The van der Waals surface area contributed by atoms with E-state index in [-0.39, 0.29) is 11.9 Å². The molecule has 2 aromatic heterocycles. The molecule has 1 fully saturated rings. The molecule has 7 nitrogen and oxygen atoms in total. The second-order valence-corrected chi connectivity index (χ2v) is 7.21. The minimum atomic E-state index is -0.0901. The van der Waals surface area contributed by atoms with E-state index >= 15 is 0 Å². The molecule has 3 heterocycles. The number of rotatable bonds is 3. The number of aromatic nitrogens is 4. The van der Waals surface area contributed by atoms with Gasteiger partial charge in [0.15, 0.2) is 0 Å². The van der Waals surface area contributed by atoms with Crippen LogP contribution in [0.1, 0.15) is 35.8 Å². The summed E-state index contributed by atoms with van der Waals surface area (Å²) in [5.41, 5.74) is 4.59. The van der Waals surface area contributed by atoms with Crippen molar-refractivity contribution in [1.29, 1.82) is 0 Å². The highest BCUT2D eigenvalue weighted by Crippen LogP contribution is 2.27. The van der Waals surface area contributed by atoms with E-state index < -0.39 is 0 Å². The molecule has 1 aromatic carbocycles. The summed E-state index contributed by atoms with van der Waals surface area (Å²) in [4.78, 5) is 23.2. The van der Waals surface area contributed by atoms with Crippen molar-refractivity contribution >= 4 is 11.7 Å². The van der Waals surface area contributed by atoms with Gasteiger partial charge in [-0.1, -0.05) is 12.1 Å². The highest BCUT2D eigenvalue weighted by atomic mass is 16.2. The van der Waals surface area contributed by atoms with Crippen LogP contribution >= 0.6 is 0 Å². The third-order valence-electron chi connectivity index (χ3n) is 5.12. The molecule has 144 valence electrons. The molecule has 0 aliphatic carbocycles. The molecule has 1 aliphatic heterocycles. The first-order valence-electron chi connectivity index (χ1n) is 9.56. The van der Waals surface area contributed by atoms with Crippen molar-refractivity contribution in [2.75, 3.05) is 18.4 Å². The maximum absolute atomic E-state index is 13.0. The second kappa shape index (κ2) is 7.80. The molecule has 7 heteroatoms. The Bertz CT molecular complexity index is 968. The van der Waals surface area contributed by atoms with Crippen molar-refractivity contribution < 1.29 is 4.79 Å². The average Bonchev–Trinajstić information content (AvgIpc) is 3.07. The first kappa shape index (κ1) is 18.2. The highest BCUT2D eigenvalue weighted by Gasteiger charge is 2.26. The molecule has 1 N–H and O–H groups in total. The van der Waals surface area contributed by atoms with Crippen LogP contribution in [0.4, 0.5) is 10.5 Å². The number of carbonyl (C=O) groups is 1. The van der Waals surface area contributed by atoms with Gasteiger partial charge in [0.05, 0.1) is 17.1 Å². The van der Waals surface area contributed by atoms with Gasteiger partial charge in [0.2, 0.25) is 0 Å². The minimum absolute atomic E-state index is 0.0901. The Kier molecular flexibility index (Phi) is 5.06. The van der Waals surface area contributed by atoms with Crippen LogP contribution in [0, 0.1) is 13.8 Å². The van der Waals surface area contributed by atoms with Crippen LogP contribution in [0.3, 0.4) is 0 Å². The van der Waals surface area contributed by atoms with Gasteiger partial charge in [-0.15, -0.1) is 0 Å². The van der Waals surface area contributed by atoms with Gasteiger partial charge in [-0.05, 0) is 51.0 Å². The molecule has 1 atom stereocenters. The Morgan fingerprint density at radius 2 is 2.07 bits per heavy atom. The Hall–Kier alpha value is -3.22. The number of benzene rings is 1. The van der Waals surface area contributed by atoms with Gasteiger partial charge in [-0.3, -0.25) is 0 Å². The number of aryl methyl sites for hydroxylation is 2. The molecule has 0 radical (unpaired) electrons. The van der Waals surface area contributed by atoms with Crippen molar-refractivity contribution in [2.24, 2.45) is 0 Å². The zero-order valence-electron chi connectivity index (χ0n) is 16.2. The van der Waals surface area contributed by atoms with E-state index in [2.05, 4.69) is 20.4 Å². The number of hydrogen-bond acceptors (Lipinski definition) is 4. The van der Waals surface area contributed by atoms with Crippen molar-refractivity contribution in [2.45, 2.75) is 32.6 Å². The van der Waals surface area contributed by atoms with E-state index in [0.717, 1.165) is 47.8 Å². The van der Waals surface area contributed by atoms with Crippen molar-refractivity contribution in [3.05, 3.63) is 66.0 Å².